The van der Waals surface area contributed by atoms with Crippen LogP contribution in [0, 0.1) is 11.3 Å². The van der Waals surface area contributed by atoms with Gasteiger partial charge in [-0.15, -0.1) is 0 Å². The van der Waals surface area contributed by atoms with Gasteiger partial charge >= 0.3 is 0 Å². The molecule has 0 radical (unpaired) electrons. The topological polar surface area (TPSA) is 70.9 Å². The minimum Gasteiger partial charge on any atom is -0.491 e. The van der Waals surface area contributed by atoms with Crippen molar-refractivity contribution in [2.24, 2.45) is 0 Å². The first-order valence-electron chi connectivity index (χ1n) is 7.73. The summed E-state index contributed by atoms with van der Waals surface area (Å²) in [6, 6.07) is 13.3. The van der Waals surface area contributed by atoms with Crippen molar-refractivity contribution in [3.8, 4) is 17.6 Å². The number of halogens is 1. The fraction of sp³-hybridized carbons (Fsp3) is 0.158. The number of aromatic amines is 1. The van der Waals surface area contributed by atoms with Gasteiger partial charge in [0.15, 0.2) is 11.5 Å². The van der Waals surface area contributed by atoms with Gasteiger partial charge in [-0.05, 0) is 42.8 Å². The third-order valence-corrected chi connectivity index (χ3v) is 3.89. The van der Waals surface area contributed by atoms with Crippen LogP contribution in [-0.4, -0.2) is 23.7 Å². The molecule has 1 N–H and O–H groups in total. The van der Waals surface area contributed by atoms with Crippen molar-refractivity contribution in [1.82, 2.24) is 9.97 Å². The third-order valence-electron chi connectivity index (χ3n) is 3.61. The fourth-order valence-electron chi connectivity index (χ4n) is 2.53. The van der Waals surface area contributed by atoms with Gasteiger partial charge in [-0.2, -0.15) is 5.26 Å². The van der Waals surface area contributed by atoms with Crippen LogP contribution in [-0.2, 0) is 0 Å². The zero-order valence-electron chi connectivity index (χ0n) is 13.8. The zero-order valence-corrected chi connectivity index (χ0v) is 14.6. The van der Waals surface area contributed by atoms with Gasteiger partial charge in [0.2, 0.25) is 0 Å². The SMILES string of the molecule is CCOc1cc(/C=C(/C#N)c2nc3ccccc3[nH]2)cc(Cl)c1OC. The Kier molecular flexibility index (Phi) is 4.92. The number of para-hydroxylation sites is 2. The highest BCUT2D eigenvalue weighted by Gasteiger charge is 2.13. The molecule has 0 atom stereocenters. The van der Waals surface area contributed by atoms with Gasteiger partial charge in [-0.1, -0.05) is 23.7 Å². The van der Waals surface area contributed by atoms with E-state index in [1.54, 1.807) is 18.2 Å². The van der Waals surface area contributed by atoms with Crippen LogP contribution in [0.4, 0.5) is 0 Å². The number of rotatable bonds is 5. The monoisotopic (exact) mass is 353 g/mol. The van der Waals surface area contributed by atoms with Crippen molar-refractivity contribution in [1.29, 1.82) is 5.26 Å². The van der Waals surface area contributed by atoms with Crippen LogP contribution < -0.4 is 9.47 Å². The highest BCUT2D eigenvalue weighted by atomic mass is 35.5. The number of aromatic nitrogens is 2. The van der Waals surface area contributed by atoms with E-state index in [0.29, 0.717) is 34.5 Å². The minimum atomic E-state index is 0.403. The number of hydrogen-bond donors (Lipinski definition) is 1. The van der Waals surface area contributed by atoms with E-state index in [-0.39, 0.29) is 0 Å². The summed E-state index contributed by atoms with van der Waals surface area (Å²) in [7, 11) is 1.54. The molecular weight excluding hydrogens is 338 g/mol. The van der Waals surface area contributed by atoms with Crippen LogP contribution >= 0.6 is 11.6 Å². The second-order valence-electron chi connectivity index (χ2n) is 5.24. The number of allylic oxidation sites excluding steroid dienone is 1. The van der Waals surface area contributed by atoms with Crippen molar-refractivity contribution in [3.63, 3.8) is 0 Å². The molecule has 3 aromatic rings. The summed E-state index contributed by atoms with van der Waals surface area (Å²) in [5.74, 6) is 1.52. The van der Waals surface area contributed by atoms with E-state index in [2.05, 4.69) is 16.0 Å². The Morgan fingerprint density at radius 3 is 2.84 bits per heavy atom. The summed E-state index contributed by atoms with van der Waals surface area (Å²) in [5, 5.41) is 9.96. The van der Waals surface area contributed by atoms with Crippen LogP contribution in [0.1, 0.15) is 18.3 Å². The first-order chi connectivity index (χ1) is 12.2. The third kappa shape index (κ3) is 3.44. The average Bonchev–Trinajstić information content (AvgIpc) is 3.03. The van der Waals surface area contributed by atoms with E-state index in [0.717, 1.165) is 16.6 Å². The molecule has 25 heavy (non-hydrogen) atoms. The van der Waals surface area contributed by atoms with Gasteiger partial charge in [0, 0.05) is 0 Å². The maximum atomic E-state index is 9.54. The van der Waals surface area contributed by atoms with Crippen molar-refractivity contribution < 1.29 is 9.47 Å². The highest BCUT2D eigenvalue weighted by molar-refractivity contribution is 6.32. The minimum absolute atomic E-state index is 0.403. The Bertz CT molecular complexity index is 953. The number of benzene rings is 2. The number of nitrogens with zero attached hydrogens (tertiary/aromatic N) is 2. The Morgan fingerprint density at radius 1 is 1.36 bits per heavy atom. The van der Waals surface area contributed by atoms with Crippen molar-refractivity contribution in [3.05, 3.63) is 52.8 Å². The number of hydrogen-bond acceptors (Lipinski definition) is 4. The molecule has 0 saturated heterocycles. The summed E-state index contributed by atoms with van der Waals surface area (Å²) in [6.45, 7) is 2.36. The molecule has 0 unspecified atom stereocenters. The largest absolute Gasteiger partial charge is 0.491 e. The molecule has 0 bridgehead atoms. The predicted octanol–water partition coefficient (Wildman–Crippen LogP) is 4.69. The van der Waals surface area contributed by atoms with Gasteiger partial charge in [0.1, 0.15) is 11.9 Å². The molecule has 0 spiro atoms. The molecule has 5 nitrogen and oxygen atoms in total. The van der Waals surface area contributed by atoms with E-state index in [1.807, 2.05) is 31.2 Å². The van der Waals surface area contributed by atoms with Gasteiger partial charge in [0.05, 0.1) is 35.3 Å². The van der Waals surface area contributed by atoms with Crippen molar-refractivity contribution in [2.45, 2.75) is 6.92 Å². The average molecular weight is 354 g/mol. The Morgan fingerprint density at radius 2 is 2.16 bits per heavy atom. The number of methoxy groups -OCH3 is 1. The number of nitriles is 1. The molecule has 0 saturated carbocycles. The van der Waals surface area contributed by atoms with Gasteiger partial charge in [0.25, 0.3) is 0 Å². The number of imidazole rings is 1. The first kappa shape index (κ1) is 16.9. The Labute approximate surface area is 150 Å². The molecule has 1 heterocycles. The standard InChI is InChI=1S/C19H16ClN3O2/c1-3-25-17-10-12(9-14(20)18(17)24-2)8-13(11-21)19-22-15-6-4-5-7-16(15)23-19/h4-10H,3H2,1-2H3,(H,22,23)/b13-8-. The van der Waals surface area contributed by atoms with E-state index in [1.165, 1.54) is 7.11 Å². The maximum Gasteiger partial charge on any atom is 0.179 e. The smallest absolute Gasteiger partial charge is 0.179 e. The Balaban J connectivity index is 2.06. The van der Waals surface area contributed by atoms with Gasteiger partial charge < -0.3 is 14.5 Å². The first-order valence-corrected chi connectivity index (χ1v) is 8.11. The fourth-order valence-corrected chi connectivity index (χ4v) is 2.83. The normalized spacial score (nSPS) is 11.4. The lowest BCUT2D eigenvalue weighted by molar-refractivity contribution is 0.311. The van der Waals surface area contributed by atoms with Crippen LogP contribution in [0.15, 0.2) is 36.4 Å². The molecule has 1 aromatic heterocycles. The van der Waals surface area contributed by atoms with Gasteiger partial charge in [-0.3, -0.25) is 0 Å². The molecular formula is C19H16ClN3O2. The van der Waals surface area contributed by atoms with Crippen molar-refractivity contribution in [2.75, 3.05) is 13.7 Å². The molecule has 0 aliphatic carbocycles. The molecule has 126 valence electrons. The summed E-state index contributed by atoms with van der Waals surface area (Å²) in [5.41, 5.74) is 2.81. The van der Waals surface area contributed by atoms with E-state index in [4.69, 9.17) is 21.1 Å². The predicted molar refractivity (Wildman–Crippen MR) is 98.8 cm³/mol. The summed E-state index contributed by atoms with van der Waals surface area (Å²) in [6.07, 6.45) is 1.71. The van der Waals surface area contributed by atoms with E-state index in [9.17, 15) is 5.26 Å². The lowest BCUT2D eigenvalue weighted by Crippen LogP contribution is -1.96. The second-order valence-corrected chi connectivity index (χ2v) is 5.65. The number of fused-ring (bicyclic) bond motifs is 1. The highest BCUT2D eigenvalue weighted by Crippen LogP contribution is 2.37. The summed E-state index contributed by atoms with van der Waals surface area (Å²) in [4.78, 5) is 7.61. The second kappa shape index (κ2) is 7.29. The van der Waals surface area contributed by atoms with Crippen molar-refractivity contribution >= 4 is 34.3 Å². The van der Waals surface area contributed by atoms with Crippen LogP contribution in [0.5, 0.6) is 11.5 Å². The van der Waals surface area contributed by atoms with Crippen LogP contribution in [0.25, 0.3) is 22.7 Å². The number of nitrogens with one attached hydrogen (secondary N) is 1. The molecule has 2 aromatic carbocycles. The summed E-state index contributed by atoms with van der Waals surface area (Å²) >= 11 is 6.27. The summed E-state index contributed by atoms with van der Waals surface area (Å²) < 4.78 is 10.9. The number of H-pyrrole nitrogens is 1. The number of ether oxygens (including phenoxy) is 2. The molecule has 0 fully saturated rings. The maximum absolute atomic E-state index is 9.54. The quantitative estimate of drug-likeness (QED) is 0.675. The van der Waals surface area contributed by atoms with E-state index >= 15 is 0 Å². The van der Waals surface area contributed by atoms with Crippen LogP contribution in [0.2, 0.25) is 5.02 Å². The lowest BCUT2D eigenvalue weighted by atomic mass is 10.1. The zero-order chi connectivity index (χ0) is 17.8. The van der Waals surface area contributed by atoms with Gasteiger partial charge in [-0.25, -0.2) is 4.98 Å². The lowest BCUT2D eigenvalue weighted by Gasteiger charge is -2.11. The molecule has 0 amide bonds. The molecule has 6 heteroatoms. The molecule has 0 aliphatic heterocycles. The molecule has 3 rings (SSSR count). The van der Waals surface area contributed by atoms with E-state index < -0.39 is 0 Å². The Hall–Kier alpha value is -2.97. The molecule has 0 aliphatic rings. The van der Waals surface area contributed by atoms with Crippen LogP contribution in [0.3, 0.4) is 0 Å².